The summed E-state index contributed by atoms with van der Waals surface area (Å²) >= 11 is 0. The number of nitrogens with two attached hydrogens (primary N) is 1. The molecule has 0 atom stereocenters. The van der Waals surface area contributed by atoms with Crippen LogP contribution in [0.3, 0.4) is 0 Å². The van der Waals surface area contributed by atoms with Crippen molar-refractivity contribution < 1.29 is 55.8 Å². The fraction of sp³-hybridized carbons (Fsp3) is 0.400. The summed E-state index contributed by atoms with van der Waals surface area (Å²) in [5.41, 5.74) is 12.9. The molecular formula is C40H51NO8PPdS2-. The fourth-order valence-electron chi connectivity index (χ4n) is 6.74. The molecule has 0 unspecified atom stereocenters. The molecule has 0 aliphatic heterocycles. The zero-order valence-corrected chi connectivity index (χ0v) is 34.9. The van der Waals surface area contributed by atoms with Crippen LogP contribution in [0.15, 0.2) is 91.0 Å². The van der Waals surface area contributed by atoms with Gasteiger partial charge in [-0.05, 0) is 71.8 Å². The third kappa shape index (κ3) is 16.6. The van der Waals surface area contributed by atoms with Gasteiger partial charge in [0.1, 0.15) is 11.5 Å². The van der Waals surface area contributed by atoms with E-state index in [1.165, 1.54) is 69.8 Å². The molecule has 2 aliphatic carbocycles. The van der Waals surface area contributed by atoms with Crippen LogP contribution in [-0.2, 0) is 40.7 Å². The van der Waals surface area contributed by atoms with Gasteiger partial charge >= 0.3 is 20.4 Å². The first-order valence-electron chi connectivity index (χ1n) is 17.4. The minimum absolute atomic E-state index is 0. The maximum atomic E-state index is 9.08. The molecule has 6 rings (SSSR count). The third-order valence-electron chi connectivity index (χ3n) is 8.78. The van der Waals surface area contributed by atoms with Gasteiger partial charge in [0.25, 0.3) is 0 Å². The summed E-state index contributed by atoms with van der Waals surface area (Å²) in [5, 5.41) is 1.59. The molecule has 0 amide bonds. The molecule has 0 heterocycles. The van der Waals surface area contributed by atoms with Crippen LogP contribution in [0.5, 0.6) is 11.5 Å². The van der Waals surface area contributed by atoms with Crippen LogP contribution >= 0.6 is 7.92 Å². The van der Waals surface area contributed by atoms with E-state index < -0.39 is 20.2 Å². The monoisotopic (exact) mass is 874 g/mol. The van der Waals surface area contributed by atoms with Gasteiger partial charge in [-0.1, -0.05) is 101 Å². The van der Waals surface area contributed by atoms with E-state index in [1.807, 2.05) is 54.6 Å². The topological polar surface area (TPSA) is 159 Å². The second-order valence-electron chi connectivity index (χ2n) is 12.8. The summed E-state index contributed by atoms with van der Waals surface area (Å²) in [6.45, 7) is 0. The fourth-order valence-corrected chi connectivity index (χ4v) is 10.7. The van der Waals surface area contributed by atoms with Gasteiger partial charge in [0.2, 0.25) is 0 Å². The molecule has 292 valence electrons. The van der Waals surface area contributed by atoms with Gasteiger partial charge in [-0.25, -0.2) is 16.8 Å². The zero-order chi connectivity index (χ0) is 38.1. The quantitative estimate of drug-likeness (QED) is 0.0635. The molecule has 2 aliphatic rings. The van der Waals surface area contributed by atoms with Crippen molar-refractivity contribution in [2.45, 2.75) is 75.5 Å². The number of methoxy groups -OCH3 is 2. The number of rotatable bonds is 7. The van der Waals surface area contributed by atoms with Crippen LogP contribution in [0.25, 0.3) is 22.3 Å². The first-order valence-corrected chi connectivity index (χ1v) is 22.5. The smallest absolute Gasteiger partial charge is 0.748 e. The van der Waals surface area contributed by atoms with E-state index in [0.29, 0.717) is 12.5 Å². The zero-order valence-electron chi connectivity index (χ0n) is 30.8. The summed E-state index contributed by atoms with van der Waals surface area (Å²) in [6, 6.07) is 34.1. The second kappa shape index (κ2) is 23.2. The Balaban J connectivity index is 0.000000333. The molecule has 9 nitrogen and oxygen atoms in total. The van der Waals surface area contributed by atoms with E-state index in [1.54, 1.807) is 19.5 Å². The molecule has 0 spiro atoms. The number of anilines is 1. The Bertz CT molecular complexity index is 1800. The Morgan fingerprint density at radius 2 is 1.08 bits per heavy atom. The van der Waals surface area contributed by atoms with Crippen molar-refractivity contribution in [1.29, 1.82) is 0 Å². The van der Waals surface area contributed by atoms with Crippen LogP contribution in [0.1, 0.15) is 64.2 Å². The van der Waals surface area contributed by atoms with Crippen molar-refractivity contribution in [3.8, 4) is 33.8 Å². The van der Waals surface area contributed by atoms with E-state index in [-0.39, 0.29) is 28.3 Å². The summed E-state index contributed by atoms with van der Waals surface area (Å²) in [6.07, 6.45) is 15.4. The van der Waals surface area contributed by atoms with Crippen LogP contribution < -0.4 is 20.5 Å². The van der Waals surface area contributed by atoms with E-state index in [0.717, 1.165) is 45.2 Å². The van der Waals surface area contributed by atoms with Gasteiger partial charge in [-0.3, -0.25) is 0 Å². The molecule has 2 saturated carbocycles. The normalized spacial score (nSPS) is 14.8. The molecule has 2 fully saturated rings. The molecule has 2 N–H and O–H groups in total. The van der Waals surface area contributed by atoms with Crippen molar-refractivity contribution in [3.63, 3.8) is 0 Å². The molecule has 0 radical (unpaired) electrons. The Hall–Kier alpha value is -2.81. The summed E-state index contributed by atoms with van der Waals surface area (Å²) in [5.74, 6) is 1.83. The predicted octanol–water partition coefficient (Wildman–Crippen LogP) is 8.20. The Kier molecular flexibility index (Phi) is 20.3. The van der Waals surface area contributed by atoms with Crippen molar-refractivity contribution in [3.05, 3.63) is 97.1 Å². The largest absolute Gasteiger partial charge is 2.00 e. The predicted molar refractivity (Wildman–Crippen MR) is 212 cm³/mol. The van der Waals surface area contributed by atoms with Gasteiger partial charge in [-0.15, -0.1) is 35.9 Å². The van der Waals surface area contributed by atoms with Crippen molar-refractivity contribution in [2.24, 2.45) is 0 Å². The standard InChI is InChI=1S/C26H35O2P.C12H10N.2CH4O3S.Pd/c1-27-23-17-11-18-24(28-2)26(23)22-16-9-10-19-25(22)29(20-12-5-3-6-13-20)21-14-7-4-8-15-21;13-12-9-5-4-8-11(12)10-6-2-1-3-7-10;2*1-5(2,3)4;/h9-11,16-21H,3-8,12-15H2,1-2H3;1-6,8-9H,13H2;2*1H3,(H,2,3,4);/q;-1;;;+2/p-2. The van der Waals surface area contributed by atoms with Crippen LogP contribution in [-0.4, -0.2) is 64.0 Å². The van der Waals surface area contributed by atoms with Gasteiger partial charge in [0.15, 0.2) is 0 Å². The minimum atomic E-state index is -3.92. The van der Waals surface area contributed by atoms with Crippen molar-refractivity contribution >= 4 is 39.1 Å². The SMILES string of the molecule is COc1cccc(OC)c1-c1ccccc1P(C1CCCCC1)C1CCCCC1.CS(=O)(=O)[O-].CS(=O)(=O)[O-].Nc1ccccc1-c1[c-]cccc1.[Pd+2]. The van der Waals surface area contributed by atoms with Crippen LogP contribution in [0.4, 0.5) is 5.69 Å². The summed E-state index contributed by atoms with van der Waals surface area (Å²) < 4.78 is 66.0. The van der Waals surface area contributed by atoms with Crippen molar-refractivity contribution in [2.75, 3.05) is 32.5 Å². The van der Waals surface area contributed by atoms with Crippen LogP contribution in [0, 0.1) is 6.07 Å². The molecule has 0 saturated heterocycles. The maximum Gasteiger partial charge on any atom is 2.00 e. The molecule has 4 aromatic rings. The summed E-state index contributed by atoms with van der Waals surface area (Å²) in [7, 11) is -4.48. The average molecular weight is 875 g/mol. The molecule has 0 bridgehead atoms. The molecule has 53 heavy (non-hydrogen) atoms. The number of benzene rings is 4. The maximum absolute atomic E-state index is 9.08. The summed E-state index contributed by atoms with van der Waals surface area (Å²) in [4.78, 5) is 0. The van der Waals surface area contributed by atoms with E-state index in [9.17, 15) is 0 Å². The van der Waals surface area contributed by atoms with E-state index in [2.05, 4.69) is 42.5 Å². The molecule has 0 aromatic heterocycles. The van der Waals surface area contributed by atoms with E-state index in [4.69, 9.17) is 41.1 Å². The molecule has 13 heteroatoms. The average Bonchev–Trinajstić information content (AvgIpc) is 3.12. The Labute approximate surface area is 332 Å². The number of hydrogen-bond acceptors (Lipinski definition) is 9. The Morgan fingerprint density at radius 1 is 0.642 bits per heavy atom. The van der Waals surface area contributed by atoms with Crippen molar-refractivity contribution in [1.82, 2.24) is 0 Å². The first kappa shape index (κ1) is 46.3. The number of nitrogen functional groups attached to an aromatic ring is 1. The molecule has 4 aromatic carbocycles. The molecular weight excluding hydrogens is 824 g/mol. The van der Waals surface area contributed by atoms with Gasteiger partial charge in [0, 0.05) is 12.5 Å². The number of ether oxygens (including phenoxy) is 2. The third-order valence-corrected chi connectivity index (χ3v) is 12.3. The van der Waals surface area contributed by atoms with Crippen LogP contribution in [0.2, 0.25) is 0 Å². The minimum Gasteiger partial charge on any atom is -0.748 e. The van der Waals surface area contributed by atoms with E-state index >= 15 is 0 Å². The Morgan fingerprint density at radius 3 is 1.51 bits per heavy atom. The first-order chi connectivity index (χ1) is 24.7. The number of para-hydroxylation sites is 1. The van der Waals surface area contributed by atoms with Gasteiger partial charge in [-0.2, -0.15) is 0 Å². The van der Waals surface area contributed by atoms with Gasteiger partial charge in [0.05, 0.1) is 40.0 Å². The van der Waals surface area contributed by atoms with Gasteiger partial charge < -0.3 is 24.3 Å². The second-order valence-corrected chi connectivity index (χ2v) is 18.4. The number of hydrogen-bond donors (Lipinski definition) is 1.